The van der Waals surface area contributed by atoms with Crippen LogP contribution in [0.3, 0.4) is 0 Å². The minimum Gasteiger partial charge on any atom is -0.286 e. The Morgan fingerprint density at radius 2 is 1.16 bits per heavy atom. The van der Waals surface area contributed by atoms with Crippen LogP contribution in [-0.2, 0) is 9.59 Å². The summed E-state index contributed by atoms with van der Waals surface area (Å²) in [7, 11) is 0. The third-order valence-corrected chi connectivity index (χ3v) is 5.00. The number of carbonyl (C=O) groups is 4. The van der Waals surface area contributed by atoms with Crippen molar-refractivity contribution < 1.29 is 19.2 Å². The van der Waals surface area contributed by atoms with E-state index in [0.29, 0.717) is 15.8 Å². The summed E-state index contributed by atoms with van der Waals surface area (Å²) in [5, 5.41) is 3.13. The van der Waals surface area contributed by atoms with E-state index in [1.165, 1.54) is 6.07 Å². The Morgan fingerprint density at radius 3 is 1.75 bits per heavy atom. The Hall–Kier alpha value is -4.56. The summed E-state index contributed by atoms with van der Waals surface area (Å²) in [5.74, 6) is 0.913. The van der Waals surface area contributed by atoms with Gasteiger partial charge in [-0.25, -0.2) is 5.84 Å². The van der Waals surface area contributed by atoms with Gasteiger partial charge < -0.3 is 0 Å². The summed E-state index contributed by atoms with van der Waals surface area (Å²) >= 11 is 0. The number of nitrogens with zero attached hydrogens (tertiary/aromatic N) is 1. The number of nitrogens with one attached hydrogen (secondary N) is 2. The molecule has 8 nitrogen and oxygen atoms in total. The maximum atomic E-state index is 13.3. The van der Waals surface area contributed by atoms with Gasteiger partial charge in [0.15, 0.2) is 0 Å². The fourth-order valence-corrected chi connectivity index (χ4v) is 3.47. The van der Waals surface area contributed by atoms with Crippen LogP contribution in [0.1, 0.15) is 20.7 Å². The zero-order valence-electron chi connectivity index (χ0n) is 16.7. The second-order valence-corrected chi connectivity index (χ2v) is 6.91. The van der Waals surface area contributed by atoms with Crippen molar-refractivity contribution in [1.29, 1.82) is 0 Å². The molecule has 0 fully saturated rings. The zero-order valence-corrected chi connectivity index (χ0v) is 16.7. The number of rotatable bonds is 2. The molecule has 0 aromatic heterocycles. The summed E-state index contributed by atoms with van der Waals surface area (Å²) in [4.78, 5) is 51.0. The number of benzene rings is 4. The molecule has 4 aromatic rings. The average Bonchev–Trinajstić information content (AvgIpc) is 2.85. The van der Waals surface area contributed by atoms with Crippen LogP contribution in [-0.4, -0.2) is 28.6 Å². The molecule has 0 radical (unpaired) electrons. The van der Waals surface area contributed by atoms with Crippen molar-refractivity contribution in [3.8, 4) is 0 Å². The summed E-state index contributed by atoms with van der Waals surface area (Å²) in [6.07, 6.45) is 0. The van der Waals surface area contributed by atoms with Gasteiger partial charge in [0.05, 0.1) is 0 Å². The fraction of sp³-hybridized carbons (Fsp3) is 0. The molecule has 0 unspecified atom stereocenters. The summed E-state index contributed by atoms with van der Waals surface area (Å²) in [6, 6.07) is 24.3. The molecular weight excluding hydrogens is 408 g/mol. The van der Waals surface area contributed by atoms with E-state index in [0.717, 1.165) is 10.8 Å². The highest BCUT2D eigenvalue weighted by atomic mass is 16.2. The van der Waals surface area contributed by atoms with Gasteiger partial charge >= 0.3 is 11.8 Å². The number of hydrogen-bond donors (Lipinski definition) is 3. The van der Waals surface area contributed by atoms with Gasteiger partial charge in [0, 0.05) is 11.1 Å². The summed E-state index contributed by atoms with van der Waals surface area (Å²) in [5.41, 5.74) is 4.35. The molecule has 0 aliphatic carbocycles. The van der Waals surface area contributed by atoms with Crippen LogP contribution in [0.4, 0.5) is 0 Å². The quantitative estimate of drug-likeness (QED) is 0.197. The van der Waals surface area contributed by atoms with E-state index >= 15 is 0 Å². The Balaban J connectivity index is 1.75. The van der Waals surface area contributed by atoms with Gasteiger partial charge in [-0.05, 0) is 33.7 Å². The maximum absolute atomic E-state index is 13.3. The molecule has 8 heteroatoms. The van der Waals surface area contributed by atoms with Gasteiger partial charge in [-0.15, -0.1) is 0 Å². The molecule has 4 aromatic carbocycles. The first-order valence-corrected chi connectivity index (χ1v) is 9.67. The van der Waals surface area contributed by atoms with Gasteiger partial charge in [0.2, 0.25) is 0 Å². The van der Waals surface area contributed by atoms with Gasteiger partial charge in [0.25, 0.3) is 11.8 Å². The molecule has 0 atom stereocenters. The molecule has 4 amide bonds. The number of amides is 4. The first-order valence-electron chi connectivity index (χ1n) is 9.67. The molecule has 0 aliphatic rings. The monoisotopic (exact) mass is 426 g/mol. The van der Waals surface area contributed by atoms with Crippen LogP contribution in [0.25, 0.3) is 21.5 Å². The highest BCUT2D eigenvalue weighted by Crippen LogP contribution is 2.21. The number of imide groups is 1. The van der Waals surface area contributed by atoms with Gasteiger partial charge in [-0.3, -0.25) is 30.0 Å². The molecule has 0 aliphatic heterocycles. The second-order valence-electron chi connectivity index (χ2n) is 6.91. The van der Waals surface area contributed by atoms with Gasteiger partial charge in [0.1, 0.15) is 0 Å². The zero-order chi connectivity index (χ0) is 22.7. The van der Waals surface area contributed by atoms with Gasteiger partial charge in [-0.2, -0.15) is 5.01 Å². The number of hydrogen-bond acceptors (Lipinski definition) is 5. The summed E-state index contributed by atoms with van der Waals surface area (Å²) in [6.45, 7) is 0. The van der Waals surface area contributed by atoms with Gasteiger partial charge in [-0.1, -0.05) is 72.8 Å². The fourth-order valence-electron chi connectivity index (χ4n) is 3.47. The lowest BCUT2D eigenvalue weighted by atomic mass is 10.0. The van der Waals surface area contributed by atoms with Crippen molar-refractivity contribution >= 4 is 45.2 Å². The standard InChI is InChI=1S/C24H18N4O4/c25-26-22(30)24(32)28(23(31)20-14-6-10-16-8-2-4-12-18(16)20)27-21(29)19-13-5-9-15-7-1-3-11-17(15)19/h1-14H,25H2,(H,26,30)(H,27,29). The van der Waals surface area contributed by atoms with E-state index < -0.39 is 23.6 Å². The largest absolute Gasteiger partial charge is 0.339 e. The Morgan fingerprint density at radius 1 is 0.656 bits per heavy atom. The van der Waals surface area contributed by atoms with E-state index in [2.05, 4.69) is 5.43 Å². The maximum Gasteiger partial charge on any atom is 0.339 e. The van der Waals surface area contributed by atoms with Crippen LogP contribution >= 0.6 is 0 Å². The first-order chi connectivity index (χ1) is 15.5. The molecule has 0 bridgehead atoms. The van der Waals surface area contributed by atoms with Crippen molar-refractivity contribution in [3.05, 3.63) is 96.1 Å². The normalized spacial score (nSPS) is 10.5. The highest BCUT2D eigenvalue weighted by molar-refractivity contribution is 6.38. The van der Waals surface area contributed by atoms with Crippen molar-refractivity contribution in [2.45, 2.75) is 0 Å². The third-order valence-electron chi connectivity index (χ3n) is 5.00. The number of fused-ring (bicyclic) bond motifs is 2. The van der Waals surface area contributed by atoms with Crippen LogP contribution in [0.2, 0.25) is 0 Å². The molecular formula is C24H18N4O4. The molecule has 0 saturated carbocycles. The summed E-state index contributed by atoms with van der Waals surface area (Å²) < 4.78 is 0. The lowest BCUT2D eigenvalue weighted by molar-refractivity contribution is -0.145. The Kier molecular flexibility index (Phi) is 5.61. The predicted octanol–water partition coefficient (Wildman–Crippen LogP) is 2.30. The Bertz CT molecular complexity index is 1370. The van der Waals surface area contributed by atoms with Crippen LogP contribution in [0.5, 0.6) is 0 Å². The van der Waals surface area contributed by atoms with Crippen molar-refractivity contribution in [3.63, 3.8) is 0 Å². The smallest absolute Gasteiger partial charge is 0.286 e. The van der Waals surface area contributed by atoms with Crippen LogP contribution in [0.15, 0.2) is 84.9 Å². The molecule has 32 heavy (non-hydrogen) atoms. The average molecular weight is 426 g/mol. The van der Waals surface area contributed by atoms with E-state index in [9.17, 15) is 19.2 Å². The van der Waals surface area contributed by atoms with E-state index in [1.54, 1.807) is 60.0 Å². The lowest BCUT2D eigenvalue weighted by Gasteiger charge is -2.21. The van der Waals surface area contributed by atoms with Crippen molar-refractivity contribution in [1.82, 2.24) is 15.9 Å². The lowest BCUT2D eigenvalue weighted by Crippen LogP contribution is -2.55. The second kappa shape index (κ2) is 8.66. The van der Waals surface area contributed by atoms with Crippen LogP contribution in [0, 0.1) is 0 Å². The number of hydrazine groups is 2. The molecule has 158 valence electrons. The van der Waals surface area contributed by atoms with E-state index in [1.807, 2.05) is 24.3 Å². The molecule has 0 spiro atoms. The number of nitrogens with two attached hydrogens (primary N) is 1. The molecule has 4 N–H and O–H groups in total. The minimum atomic E-state index is -1.32. The molecule has 4 rings (SSSR count). The highest BCUT2D eigenvalue weighted by Gasteiger charge is 2.31. The Labute approximate surface area is 182 Å². The first kappa shape index (κ1) is 20.7. The molecule has 0 saturated heterocycles. The SMILES string of the molecule is NNC(=O)C(=O)N(NC(=O)c1cccc2ccccc12)C(=O)c1cccc2ccccc12. The van der Waals surface area contributed by atoms with Crippen molar-refractivity contribution in [2.75, 3.05) is 0 Å². The number of carbonyl (C=O) groups excluding carboxylic acids is 4. The van der Waals surface area contributed by atoms with Crippen molar-refractivity contribution in [2.24, 2.45) is 5.84 Å². The molecule has 0 heterocycles. The van der Waals surface area contributed by atoms with E-state index in [-0.39, 0.29) is 11.1 Å². The van der Waals surface area contributed by atoms with Crippen LogP contribution < -0.4 is 16.7 Å². The topological polar surface area (TPSA) is 122 Å². The predicted molar refractivity (Wildman–Crippen MR) is 119 cm³/mol. The minimum absolute atomic E-state index is 0.138. The third kappa shape index (κ3) is 3.78. The van der Waals surface area contributed by atoms with E-state index in [4.69, 9.17) is 5.84 Å².